The molecule has 1 aliphatic rings. The van der Waals surface area contributed by atoms with Crippen molar-refractivity contribution >= 4 is 39.7 Å². The average Bonchev–Trinajstić information content (AvgIpc) is 3.39. The highest BCUT2D eigenvalue weighted by Gasteiger charge is 2.36. The summed E-state index contributed by atoms with van der Waals surface area (Å²) in [6.45, 7) is 1.71. The minimum atomic E-state index is -0.800. The van der Waals surface area contributed by atoms with Crippen LogP contribution in [0.15, 0.2) is 65.7 Å². The molecule has 0 spiro atoms. The first-order valence-electron chi connectivity index (χ1n) is 11.8. The van der Waals surface area contributed by atoms with Crippen molar-refractivity contribution in [1.29, 1.82) is 0 Å². The Hall–Kier alpha value is -5.43. The fourth-order valence-corrected chi connectivity index (χ4v) is 5.12. The number of carbonyl (C=O) groups is 2. The average molecular weight is 504 g/mol. The van der Waals surface area contributed by atoms with E-state index in [-0.39, 0.29) is 33.9 Å². The molecule has 2 amide bonds. The number of hydrogen-bond donors (Lipinski definition) is 2. The van der Waals surface area contributed by atoms with Crippen LogP contribution in [0, 0.1) is 12.3 Å². The molecule has 2 aromatic carbocycles. The van der Waals surface area contributed by atoms with E-state index in [1.807, 2.05) is 6.07 Å². The van der Waals surface area contributed by atoms with E-state index in [1.54, 1.807) is 62.6 Å². The predicted octanol–water partition coefficient (Wildman–Crippen LogP) is 2.68. The zero-order valence-corrected chi connectivity index (χ0v) is 20.5. The monoisotopic (exact) mass is 503 g/mol. The molecule has 0 unspecified atom stereocenters. The molecule has 3 aromatic heterocycles. The topological polar surface area (TPSA) is 128 Å². The molecule has 6 rings (SSSR count). The van der Waals surface area contributed by atoms with Gasteiger partial charge in [-0.1, -0.05) is 24.1 Å². The highest BCUT2D eigenvalue weighted by molar-refractivity contribution is 6.26. The number of fused-ring (bicyclic) bond motifs is 1. The maximum absolute atomic E-state index is 14.1. The molecule has 4 heterocycles. The molecule has 38 heavy (non-hydrogen) atoms. The molecule has 10 nitrogen and oxygen atoms in total. The lowest BCUT2D eigenvalue weighted by Gasteiger charge is -2.23. The number of anilines is 2. The van der Waals surface area contributed by atoms with Gasteiger partial charge >= 0.3 is 0 Å². The van der Waals surface area contributed by atoms with Crippen LogP contribution < -0.4 is 21.5 Å². The number of aromatic nitrogens is 4. The summed E-state index contributed by atoms with van der Waals surface area (Å²) >= 11 is 0. The minimum absolute atomic E-state index is 0.00802. The SMILES string of the molecule is C#Cc1ccc2c3c(c([C@H](C)NC(=O)c4c(N)nn5cccnc45)n(-c4ccccc4)c(=O)c13)C(=O)N2C. The van der Waals surface area contributed by atoms with Crippen molar-refractivity contribution in [3.8, 4) is 18.0 Å². The Bertz CT molecular complexity index is 1920. The molecular weight excluding hydrogens is 482 g/mol. The van der Waals surface area contributed by atoms with Crippen LogP contribution in [-0.4, -0.2) is 38.0 Å². The van der Waals surface area contributed by atoms with E-state index >= 15 is 0 Å². The maximum atomic E-state index is 14.1. The van der Waals surface area contributed by atoms with Gasteiger partial charge in [-0.25, -0.2) is 9.50 Å². The number of rotatable bonds is 4. The summed E-state index contributed by atoms with van der Waals surface area (Å²) in [6.07, 6.45) is 8.93. The normalized spacial score (nSPS) is 13.2. The molecule has 186 valence electrons. The molecule has 1 aliphatic heterocycles. The molecular formula is C28H21N7O3. The second-order valence-corrected chi connectivity index (χ2v) is 8.97. The first-order chi connectivity index (χ1) is 18.3. The van der Waals surface area contributed by atoms with Gasteiger partial charge in [0, 0.05) is 36.1 Å². The van der Waals surface area contributed by atoms with Crippen molar-refractivity contribution in [3.63, 3.8) is 0 Å². The fraction of sp³-hybridized carbons (Fsp3) is 0.107. The third kappa shape index (κ3) is 3.12. The number of nitrogens with two attached hydrogens (primary N) is 1. The van der Waals surface area contributed by atoms with Crippen LogP contribution >= 0.6 is 0 Å². The van der Waals surface area contributed by atoms with Crippen LogP contribution in [0.25, 0.3) is 22.1 Å². The first kappa shape index (κ1) is 23.0. The Morgan fingerprint density at radius 1 is 1.11 bits per heavy atom. The van der Waals surface area contributed by atoms with Gasteiger partial charge in [0.15, 0.2) is 11.5 Å². The van der Waals surface area contributed by atoms with Crippen molar-refractivity contribution < 1.29 is 9.59 Å². The Labute approximate surface area is 216 Å². The zero-order valence-electron chi connectivity index (χ0n) is 20.5. The summed E-state index contributed by atoms with van der Waals surface area (Å²) in [5.41, 5.74) is 8.18. The summed E-state index contributed by atoms with van der Waals surface area (Å²) in [7, 11) is 1.64. The van der Waals surface area contributed by atoms with Crippen LogP contribution in [0.3, 0.4) is 0 Å². The molecule has 0 radical (unpaired) electrons. The molecule has 0 bridgehead atoms. The molecule has 1 atom stereocenters. The number of hydrogen-bond acceptors (Lipinski definition) is 6. The van der Waals surface area contributed by atoms with Crippen molar-refractivity contribution in [2.45, 2.75) is 13.0 Å². The Morgan fingerprint density at radius 2 is 1.87 bits per heavy atom. The minimum Gasteiger partial charge on any atom is -0.381 e. The number of nitrogens with zero attached hydrogens (tertiary/aromatic N) is 5. The van der Waals surface area contributed by atoms with Gasteiger partial charge in [-0.15, -0.1) is 11.5 Å². The van der Waals surface area contributed by atoms with Gasteiger partial charge in [0.2, 0.25) is 0 Å². The maximum Gasteiger partial charge on any atom is 0.264 e. The quantitative estimate of drug-likeness (QED) is 0.363. The van der Waals surface area contributed by atoms with Crippen molar-refractivity contribution in [2.75, 3.05) is 17.7 Å². The summed E-state index contributed by atoms with van der Waals surface area (Å²) in [5.74, 6) is 1.74. The van der Waals surface area contributed by atoms with Gasteiger partial charge in [-0.05, 0) is 37.3 Å². The molecule has 10 heteroatoms. The van der Waals surface area contributed by atoms with Crippen LogP contribution in [0.4, 0.5) is 11.5 Å². The summed E-state index contributed by atoms with van der Waals surface area (Å²) in [5, 5.41) is 7.81. The largest absolute Gasteiger partial charge is 0.381 e. The summed E-state index contributed by atoms with van der Waals surface area (Å²) < 4.78 is 2.86. The molecule has 0 saturated carbocycles. The van der Waals surface area contributed by atoms with E-state index < -0.39 is 11.9 Å². The van der Waals surface area contributed by atoms with E-state index in [4.69, 9.17) is 12.2 Å². The third-order valence-electron chi connectivity index (χ3n) is 6.80. The van der Waals surface area contributed by atoms with Crippen LogP contribution in [0.2, 0.25) is 0 Å². The summed E-state index contributed by atoms with van der Waals surface area (Å²) in [4.78, 5) is 46.9. The van der Waals surface area contributed by atoms with Crippen LogP contribution in [0.1, 0.15) is 44.9 Å². The van der Waals surface area contributed by atoms with Crippen LogP contribution in [-0.2, 0) is 0 Å². The first-order valence-corrected chi connectivity index (χ1v) is 11.8. The van der Waals surface area contributed by atoms with Gasteiger partial charge in [-0.3, -0.25) is 19.0 Å². The molecule has 3 N–H and O–H groups in total. The number of pyridine rings is 1. The lowest BCUT2D eigenvalue weighted by Crippen LogP contribution is -2.35. The van der Waals surface area contributed by atoms with E-state index in [0.29, 0.717) is 33.6 Å². The van der Waals surface area contributed by atoms with Gasteiger partial charge in [0.05, 0.1) is 28.4 Å². The smallest absolute Gasteiger partial charge is 0.264 e. The van der Waals surface area contributed by atoms with Crippen molar-refractivity contribution in [2.24, 2.45) is 0 Å². The van der Waals surface area contributed by atoms with Gasteiger partial charge in [0.1, 0.15) is 5.56 Å². The van der Waals surface area contributed by atoms with E-state index in [2.05, 4.69) is 21.3 Å². The number of benzene rings is 2. The second-order valence-electron chi connectivity index (χ2n) is 8.97. The number of para-hydroxylation sites is 1. The zero-order chi connectivity index (χ0) is 26.7. The predicted molar refractivity (Wildman–Crippen MR) is 143 cm³/mol. The number of terminal acetylenes is 1. The van der Waals surface area contributed by atoms with E-state index in [0.717, 1.165) is 0 Å². The van der Waals surface area contributed by atoms with Crippen LogP contribution in [0.5, 0.6) is 0 Å². The van der Waals surface area contributed by atoms with Gasteiger partial charge in [-0.2, -0.15) is 0 Å². The van der Waals surface area contributed by atoms with Crippen molar-refractivity contribution in [3.05, 3.63) is 93.7 Å². The molecule has 0 aliphatic carbocycles. The lowest BCUT2D eigenvalue weighted by molar-refractivity contribution is 0.0935. The fourth-order valence-electron chi connectivity index (χ4n) is 5.12. The number of nitrogen functional groups attached to an aromatic ring is 1. The Balaban J connectivity index is 1.61. The van der Waals surface area contributed by atoms with E-state index in [9.17, 15) is 14.4 Å². The molecule has 0 saturated heterocycles. The summed E-state index contributed by atoms with van der Waals surface area (Å²) in [6, 6.07) is 13.2. The van der Waals surface area contributed by atoms with Gasteiger partial charge in [0.25, 0.3) is 17.4 Å². The highest BCUT2D eigenvalue weighted by Crippen LogP contribution is 2.40. The Kier molecular flexibility index (Phi) is 5.03. The third-order valence-corrected chi connectivity index (χ3v) is 6.80. The number of carbonyl (C=O) groups excluding carboxylic acids is 2. The number of nitrogens with one attached hydrogen (secondary N) is 1. The molecule has 0 fully saturated rings. The van der Waals surface area contributed by atoms with E-state index in [1.165, 1.54) is 20.2 Å². The van der Waals surface area contributed by atoms with Gasteiger partial charge < -0.3 is 16.0 Å². The van der Waals surface area contributed by atoms with Crippen molar-refractivity contribution in [1.82, 2.24) is 24.5 Å². The number of amides is 2. The second kappa shape index (κ2) is 8.31. The molecule has 5 aromatic rings. The lowest BCUT2D eigenvalue weighted by atomic mass is 9.97. The standard InChI is InChI=1S/C28H21N7O3/c1-4-16-11-12-18-20-19(16)28(38)35(17-9-6-5-7-10-17)23(21(20)27(37)33(18)3)15(2)31-26(36)22-24(29)32-34-14-8-13-30-25(22)34/h1,5-15H,2-3H3,(H2,29,32)(H,31,36)/t15-/m0/s1. The Morgan fingerprint density at radius 3 is 2.61 bits per heavy atom. The highest BCUT2D eigenvalue weighted by atomic mass is 16.2.